The zero-order valence-corrected chi connectivity index (χ0v) is 48.3. The van der Waals surface area contributed by atoms with E-state index in [1.165, 1.54) is 144 Å². The van der Waals surface area contributed by atoms with Gasteiger partial charge in [-0.25, -0.2) is 0 Å². The molecule has 2 nitrogen and oxygen atoms in total. The predicted molar refractivity (Wildman–Crippen MR) is 346 cm³/mol. The van der Waals surface area contributed by atoms with Gasteiger partial charge in [0.15, 0.2) is 0 Å². The Morgan fingerprint density at radius 1 is 0.300 bits per heavy atom. The molecule has 80 heavy (non-hydrogen) atoms. The Labute approximate surface area is 475 Å². The molecule has 0 N–H and O–H groups in total. The number of fused-ring (bicyclic) bond motifs is 5. The van der Waals surface area contributed by atoms with Crippen molar-refractivity contribution in [1.29, 1.82) is 0 Å². The summed E-state index contributed by atoms with van der Waals surface area (Å²) in [6, 6.07) is 83.2. The molecule has 0 saturated carbocycles. The maximum atomic E-state index is 2.63. The minimum absolute atomic E-state index is 0.0703. The first-order valence-corrected chi connectivity index (χ1v) is 28.6. The molecule has 0 aliphatic carbocycles. The number of benzene rings is 11. The molecule has 11 aromatic carbocycles. The van der Waals surface area contributed by atoms with Crippen LogP contribution in [0, 0.1) is 34.6 Å². The first kappa shape index (κ1) is 50.8. The molecule has 2 heterocycles. The van der Waals surface area contributed by atoms with E-state index in [-0.39, 0.29) is 17.5 Å². The first-order valence-electron chi connectivity index (χ1n) is 28.6. The van der Waals surface area contributed by atoms with Crippen LogP contribution in [-0.4, -0.2) is 6.71 Å². The van der Waals surface area contributed by atoms with E-state index in [0.29, 0.717) is 0 Å². The van der Waals surface area contributed by atoms with Crippen LogP contribution in [0.2, 0.25) is 0 Å². The number of hydrogen-bond acceptors (Lipinski definition) is 2. The topological polar surface area (TPSA) is 6.48 Å². The highest BCUT2D eigenvalue weighted by atomic mass is 15.2. The molecule has 2 aliphatic rings. The van der Waals surface area contributed by atoms with Gasteiger partial charge in [0.1, 0.15) is 0 Å². The number of aryl methyl sites for hydroxylation is 5. The van der Waals surface area contributed by atoms with Gasteiger partial charge in [0.2, 0.25) is 0 Å². The van der Waals surface area contributed by atoms with Gasteiger partial charge in [0.05, 0.1) is 0 Å². The van der Waals surface area contributed by atoms with Crippen molar-refractivity contribution < 1.29 is 0 Å². The van der Waals surface area contributed by atoms with Crippen LogP contribution in [0.4, 0.5) is 34.1 Å². The van der Waals surface area contributed by atoms with Crippen LogP contribution in [0.25, 0.3) is 66.4 Å². The molecular formula is C77H69BN2. The molecule has 11 aromatic rings. The van der Waals surface area contributed by atoms with Crippen LogP contribution in [-0.2, 0) is 10.8 Å². The van der Waals surface area contributed by atoms with Crippen molar-refractivity contribution >= 4 is 68.0 Å². The average molecular weight is 1030 g/mol. The van der Waals surface area contributed by atoms with Crippen molar-refractivity contribution in [2.75, 3.05) is 9.80 Å². The smallest absolute Gasteiger partial charge is 0.252 e. The van der Waals surface area contributed by atoms with Crippen molar-refractivity contribution in [2.24, 2.45) is 0 Å². The van der Waals surface area contributed by atoms with Gasteiger partial charge >= 0.3 is 0 Å². The van der Waals surface area contributed by atoms with Gasteiger partial charge in [0.25, 0.3) is 6.71 Å². The summed E-state index contributed by atoms with van der Waals surface area (Å²) in [5.74, 6) is 0. The minimum atomic E-state index is -0.0786. The summed E-state index contributed by atoms with van der Waals surface area (Å²) in [6.07, 6.45) is 0. The van der Waals surface area contributed by atoms with Crippen LogP contribution in [0.15, 0.2) is 218 Å². The quantitative estimate of drug-likeness (QED) is 0.147. The van der Waals surface area contributed by atoms with Gasteiger partial charge in [-0.2, -0.15) is 0 Å². The van der Waals surface area contributed by atoms with E-state index >= 15 is 0 Å². The second kappa shape index (κ2) is 19.3. The van der Waals surface area contributed by atoms with Crippen LogP contribution >= 0.6 is 0 Å². The summed E-state index contributed by atoms with van der Waals surface area (Å²) in [6.45, 7) is 25.3. The Morgan fingerprint density at radius 2 is 0.725 bits per heavy atom. The molecule has 390 valence electrons. The highest BCUT2D eigenvalue weighted by molar-refractivity contribution is 7.00. The largest absolute Gasteiger partial charge is 0.311 e. The molecule has 0 spiro atoms. The van der Waals surface area contributed by atoms with E-state index < -0.39 is 0 Å². The molecule has 0 fully saturated rings. The van der Waals surface area contributed by atoms with Crippen molar-refractivity contribution in [1.82, 2.24) is 0 Å². The fourth-order valence-corrected chi connectivity index (χ4v) is 13.4. The summed E-state index contributed by atoms with van der Waals surface area (Å²) in [7, 11) is 0. The van der Waals surface area contributed by atoms with E-state index in [2.05, 4.69) is 304 Å². The lowest BCUT2D eigenvalue weighted by Gasteiger charge is -2.45. The third-order valence-corrected chi connectivity index (χ3v) is 17.3. The molecule has 0 atom stereocenters. The van der Waals surface area contributed by atoms with Crippen LogP contribution < -0.4 is 26.2 Å². The first-order chi connectivity index (χ1) is 38.5. The van der Waals surface area contributed by atoms with Crippen molar-refractivity contribution in [3.05, 3.63) is 257 Å². The second-order valence-corrected chi connectivity index (χ2v) is 24.9. The maximum Gasteiger partial charge on any atom is 0.252 e. The lowest BCUT2D eigenvalue weighted by molar-refractivity contribution is 0.590. The van der Waals surface area contributed by atoms with E-state index in [4.69, 9.17) is 0 Å². The lowest BCUT2D eigenvalue weighted by atomic mass is 9.33. The Bertz CT molecular complexity index is 3990. The highest BCUT2D eigenvalue weighted by Gasteiger charge is 2.44. The fourth-order valence-electron chi connectivity index (χ4n) is 13.4. The van der Waals surface area contributed by atoms with E-state index in [1.54, 1.807) is 0 Å². The van der Waals surface area contributed by atoms with Crippen LogP contribution in [0.1, 0.15) is 80.5 Å². The lowest BCUT2D eigenvalue weighted by Crippen LogP contribution is -2.61. The van der Waals surface area contributed by atoms with Crippen molar-refractivity contribution in [3.63, 3.8) is 0 Å². The van der Waals surface area contributed by atoms with Crippen molar-refractivity contribution in [2.45, 2.75) is 87.0 Å². The molecule has 0 saturated heterocycles. The molecule has 3 heteroatoms. The molecular weight excluding hydrogens is 964 g/mol. The van der Waals surface area contributed by atoms with Crippen LogP contribution in [0.3, 0.4) is 0 Å². The summed E-state index contributed by atoms with van der Waals surface area (Å²) in [5.41, 5.74) is 32.2. The standard InChI is InChI=1S/C77H69BN2/c1-48-32-33-55-26-18-19-31-65(55)74(48)60-44-70-75-71(45-60)80(64-30-21-28-62(47-64)77(9,10)11)69-43-57(73-51(4)40-59(41-52(73)5)54-24-16-13-17-25-54)35-37-67(69)78(75)66-36-34-56(42-68(66)79(70)63-29-20-27-61(46-63)76(6,7)8)72-49(2)38-58(39-50(72)3)53-22-14-12-15-23-53/h12-47H,1-11H3. The SMILES string of the molecule is Cc1cc(-c2ccccc2)cc(C)c1-c1ccc2c(c1)N(c1cccc(C(C)(C)C)c1)c1cc(-c3c(C)ccc4ccccc34)cc3c1B2c1ccc(-c2c(C)cc(-c4ccccc4)cc2C)cc1N3c1cccc(C(C)(C)C)c1. The Kier molecular flexibility index (Phi) is 12.3. The zero-order valence-electron chi connectivity index (χ0n) is 48.3. The molecule has 0 radical (unpaired) electrons. The van der Waals surface area contributed by atoms with E-state index in [9.17, 15) is 0 Å². The van der Waals surface area contributed by atoms with Gasteiger partial charge in [-0.1, -0.05) is 211 Å². The molecule has 0 amide bonds. The highest BCUT2D eigenvalue weighted by Crippen LogP contribution is 2.50. The summed E-state index contributed by atoms with van der Waals surface area (Å²) in [5, 5.41) is 2.49. The number of hydrogen-bond donors (Lipinski definition) is 0. The van der Waals surface area contributed by atoms with Gasteiger partial charge in [-0.15, -0.1) is 0 Å². The number of rotatable bonds is 7. The monoisotopic (exact) mass is 1030 g/mol. The minimum Gasteiger partial charge on any atom is -0.311 e. The number of nitrogens with zero attached hydrogens (tertiary/aromatic N) is 2. The third kappa shape index (κ3) is 8.66. The third-order valence-electron chi connectivity index (χ3n) is 17.3. The van der Waals surface area contributed by atoms with E-state index in [0.717, 1.165) is 11.4 Å². The van der Waals surface area contributed by atoms with Gasteiger partial charge in [-0.05, 0) is 216 Å². The molecule has 0 bridgehead atoms. The normalized spacial score (nSPS) is 12.9. The summed E-state index contributed by atoms with van der Waals surface area (Å²) >= 11 is 0. The van der Waals surface area contributed by atoms with Gasteiger partial charge in [-0.3, -0.25) is 0 Å². The summed E-state index contributed by atoms with van der Waals surface area (Å²) in [4.78, 5) is 5.25. The summed E-state index contributed by atoms with van der Waals surface area (Å²) < 4.78 is 0. The van der Waals surface area contributed by atoms with Gasteiger partial charge in [0, 0.05) is 34.1 Å². The Morgan fingerprint density at radius 3 is 1.18 bits per heavy atom. The predicted octanol–water partition coefficient (Wildman–Crippen LogP) is 19.4. The zero-order chi connectivity index (χ0) is 55.4. The molecule has 0 aromatic heterocycles. The molecule has 2 aliphatic heterocycles. The Balaban J connectivity index is 1.13. The molecule has 0 unspecified atom stereocenters. The molecule has 13 rings (SSSR count). The van der Waals surface area contributed by atoms with Crippen molar-refractivity contribution in [3.8, 4) is 55.6 Å². The number of anilines is 6. The van der Waals surface area contributed by atoms with Crippen LogP contribution in [0.5, 0.6) is 0 Å². The average Bonchev–Trinajstić information content (AvgIpc) is 3.52. The maximum absolute atomic E-state index is 2.63. The van der Waals surface area contributed by atoms with Gasteiger partial charge < -0.3 is 9.80 Å². The second-order valence-electron chi connectivity index (χ2n) is 24.9. The Hall–Kier alpha value is -8.66. The fraction of sp³-hybridized carbons (Fsp3) is 0.169. The van der Waals surface area contributed by atoms with E-state index in [1.807, 2.05) is 0 Å².